The Morgan fingerprint density at radius 3 is 2.59 bits per heavy atom. The van der Waals surface area contributed by atoms with E-state index in [0.29, 0.717) is 18.4 Å². The molecule has 1 aromatic heterocycles. The Morgan fingerprint density at radius 1 is 1.04 bits per heavy atom. The van der Waals surface area contributed by atoms with Crippen LogP contribution in [0.2, 0.25) is 0 Å². The van der Waals surface area contributed by atoms with Crippen molar-refractivity contribution in [3.05, 3.63) is 60.6 Å². The molecule has 0 bridgehead atoms. The van der Waals surface area contributed by atoms with Gasteiger partial charge in [-0.05, 0) is 54.5 Å². The van der Waals surface area contributed by atoms with E-state index in [4.69, 9.17) is 10.1 Å². The minimum absolute atomic E-state index is 0.353. The lowest BCUT2D eigenvalue weighted by atomic mass is 9.81. The lowest BCUT2D eigenvalue weighted by Gasteiger charge is -2.27. The van der Waals surface area contributed by atoms with Crippen LogP contribution in [0.3, 0.4) is 0 Å². The van der Waals surface area contributed by atoms with Crippen molar-refractivity contribution in [1.29, 1.82) is 0 Å². The van der Waals surface area contributed by atoms with Gasteiger partial charge in [-0.2, -0.15) is 0 Å². The standard InChI is InChI=1S/C22H23N3O2/c26-22(27)24-14-15-5-7-17(8-6-15)21-23-12-11-20(25-21)19-10-9-16-3-1-2-4-18(16)13-19/h1-4,9-13,15,17,24H,5-8,14H2,(H,26,27). The van der Waals surface area contributed by atoms with Gasteiger partial charge in [0, 0.05) is 24.2 Å². The number of nitrogens with zero attached hydrogens (tertiary/aromatic N) is 2. The zero-order chi connectivity index (χ0) is 18.6. The minimum atomic E-state index is -0.941. The number of rotatable bonds is 4. The molecular formula is C22H23N3O2. The summed E-state index contributed by atoms with van der Waals surface area (Å²) in [5, 5.41) is 13.7. The van der Waals surface area contributed by atoms with Gasteiger partial charge in [0.2, 0.25) is 0 Å². The number of hydrogen-bond donors (Lipinski definition) is 2. The average Bonchev–Trinajstić information content (AvgIpc) is 2.72. The largest absolute Gasteiger partial charge is 0.465 e. The Labute approximate surface area is 158 Å². The number of aromatic nitrogens is 2. The van der Waals surface area contributed by atoms with Crippen LogP contribution < -0.4 is 5.32 Å². The first-order valence-electron chi connectivity index (χ1n) is 9.48. The van der Waals surface area contributed by atoms with Crippen molar-refractivity contribution in [3.63, 3.8) is 0 Å². The Balaban J connectivity index is 1.48. The minimum Gasteiger partial charge on any atom is -0.465 e. The summed E-state index contributed by atoms with van der Waals surface area (Å²) in [6.45, 7) is 0.542. The van der Waals surface area contributed by atoms with Gasteiger partial charge in [-0.1, -0.05) is 36.4 Å². The normalized spacial score (nSPS) is 19.7. The molecule has 1 aliphatic carbocycles. The van der Waals surface area contributed by atoms with Gasteiger partial charge in [-0.25, -0.2) is 14.8 Å². The highest BCUT2D eigenvalue weighted by atomic mass is 16.4. The van der Waals surface area contributed by atoms with Crippen molar-refractivity contribution in [2.45, 2.75) is 31.6 Å². The molecule has 5 nitrogen and oxygen atoms in total. The van der Waals surface area contributed by atoms with E-state index in [1.165, 1.54) is 10.8 Å². The Bertz CT molecular complexity index is 949. The molecule has 1 aliphatic rings. The molecule has 2 aromatic carbocycles. The van der Waals surface area contributed by atoms with Crippen molar-refractivity contribution >= 4 is 16.9 Å². The second kappa shape index (κ2) is 7.74. The summed E-state index contributed by atoms with van der Waals surface area (Å²) in [6.07, 6.45) is 4.94. The van der Waals surface area contributed by atoms with Crippen LogP contribution in [-0.2, 0) is 0 Å². The molecule has 0 spiro atoms. The number of carbonyl (C=O) groups is 1. The first-order valence-corrected chi connectivity index (χ1v) is 9.48. The smallest absolute Gasteiger partial charge is 0.404 e. The molecular weight excluding hydrogens is 338 g/mol. The van der Waals surface area contributed by atoms with Crippen LogP contribution in [0.1, 0.15) is 37.4 Å². The van der Waals surface area contributed by atoms with Gasteiger partial charge in [-0.15, -0.1) is 0 Å². The quantitative estimate of drug-likeness (QED) is 0.697. The van der Waals surface area contributed by atoms with Crippen molar-refractivity contribution in [2.75, 3.05) is 6.54 Å². The van der Waals surface area contributed by atoms with Crippen molar-refractivity contribution in [3.8, 4) is 11.3 Å². The van der Waals surface area contributed by atoms with Crippen molar-refractivity contribution in [1.82, 2.24) is 15.3 Å². The van der Waals surface area contributed by atoms with E-state index in [2.05, 4.69) is 46.7 Å². The maximum absolute atomic E-state index is 10.7. The van der Waals surface area contributed by atoms with Crippen LogP contribution in [0.15, 0.2) is 54.7 Å². The Kier molecular flexibility index (Phi) is 5.01. The lowest BCUT2D eigenvalue weighted by molar-refractivity contribution is 0.189. The predicted octanol–water partition coefficient (Wildman–Crippen LogP) is 4.84. The zero-order valence-electron chi connectivity index (χ0n) is 15.1. The summed E-state index contributed by atoms with van der Waals surface area (Å²) >= 11 is 0. The monoisotopic (exact) mass is 361 g/mol. The molecule has 1 fully saturated rings. The molecule has 1 saturated carbocycles. The van der Waals surface area contributed by atoms with E-state index in [9.17, 15) is 4.79 Å². The average molecular weight is 361 g/mol. The summed E-state index contributed by atoms with van der Waals surface area (Å²) in [5.74, 6) is 1.68. The van der Waals surface area contributed by atoms with Gasteiger partial charge >= 0.3 is 6.09 Å². The maximum Gasteiger partial charge on any atom is 0.404 e. The van der Waals surface area contributed by atoms with Gasteiger partial charge in [0.1, 0.15) is 5.82 Å². The van der Waals surface area contributed by atoms with E-state index < -0.39 is 6.09 Å². The van der Waals surface area contributed by atoms with E-state index >= 15 is 0 Å². The topological polar surface area (TPSA) is 75.1 Å². The van der Waals surface area contributed by atoms with E-state index in [1.807, 2.05) is 18.3 Å². The molecule has 4 rings (SSSR count). The van der Waals surface area contributed by atoms with Gasteiger partial charge in [-0.3, -0.25) is 0 Å². The first kappa shape index (κ1) is 17.5. The highest BCUT2D eigenvalue weighted by Crippen LogP contribution is 2.34. The fourth-order valence-electron chi connectivity index (χ4n) is 3.94. The molecule has 5 heteroatoms. The summed E-state index contributed by atoms with van der Waals surface area (Å²) < 4.78 is 0. The van der Waals surface area contributed by atoms with Crippen LogP contribution in [0.25, 0.3) is 22.0 Å². The maximum atomic E-state index is 10.7. The number of hydrogen-bond acceptors (Lipinski definition) is 3. The number of nitrogens with one attached hydrogen (secondary N) is 1. The van der Waals surface area contributed by atoms with Crippen LogP contribution in [0.4, 0.5) is 4.79 Å². The molecule has 27 heavy (non-hydrogen) atoms. The third kappa shape index (κ3) is 4.08. The molecule has 1 amide bonds. The second-order valence-electron chi connectivity index (χ2n) is 7.27. The highest BCUT2D eigenvalue weighted by Gasteiger charge is 2.24. The molecule has 0 aliphatic heterocycles. The zero-order valence-corrected chi connectivity index (χ0v) is 15.1. The van der Waals surface area contributed by atoms with Crippen molar-refractivity contribution in [2.24, 2.45) is 5.92 Å². The third-order valence-electron chi connectivity index (χ3n) is 5.47. The van der Waals surface area contributed by atoms with E-state index in [0.717, 1.165) is 42.8 Å². The molecule has 0 saturated heterocycles. The predicted molar refractivity (Wildman–Crippen MR) is 106 cm³/mol. The Hall–Kier alpha value is -2.95. The molecule has 1 heterocycles. The molecule has 0 unspecified atom stereocenters. The molecule has 0 radical (unpaired) electrons. The molecule has 0 atom stereocenters. The summed E-state index contributed by atoms with van der Waals surface area (Å²) in [5.41, 5.74) is 2.07. The number of benzene rings is 2. The molecule has 2 N–H and O–H groups in total. The molecule has 138 valence electrons. The summed E-state index contributed by atoms with van der Waals surface area (Å²) in [4.78, 5) is 20.0. The summed E-state index contributed by atoms with van der Waals surface area (Å²) in [7, 11) is 0. The number of carboxylic acid groups (broad SMARTS) is 1. The van der Waals surface area contributed by atoms with Gasteiger partial charge in [0.25, 0.3) is 0 Å². The Morgan fingerprint density at radius 2 is 1.81 bits per heavy atom. The van der Waals surface area contributed by atoms with Gasteiger partial charge < -0.3 is 10.4 Å². The lowest BCUT2D eigenvalue weighted by Crippen LogP contribution is -2.30. The fraction of sp³-hybridized carbons (Fsp3) is 0.318. The molecule has 3 aromatic rings. The van der Waals surface area contributed by atoms with Crippen LogP contribution in [0.5, 0.6) is 0 Å². The van der Waals surface area contributed by atoms with Gasteiger partial charge in [0.15, 0.2) is 0 Å². The van der Waals surface area contributed by atoms with E-state index in [-0.39, 0.29) is 0 Å². The van der Waals surface area contributed by atoms with E-state index in [1.54, 1.807) is 0 Å². The fourth-order valence-corrected chi connectivity index (χ4v) is 3.94. The second-order valence-corrected chi connectivity index (χ2v) is 7.27. The van der Waals surface area contributed by atoms with Gasteiger partial charge in [0.05, 0.1) is 5.69 Å². The number of amides is 1. The highest BCUT2D eigenvalue weighted by molar-refractivity contribution is 5.86. The first-order chi connectivity index (χ1) is 13.2. The van der Waals surface area contributed by atoms with Crippen LogP contribution in [-0.4, -0.2) is 27.7 Å². The summed E-state index contributed by atoms with van der Waals surface area (Å²) in [6, 6.07) is 16.7. The SMILES string of the molecule is O=C(O)NCC1CCC(c2nccc(-c3ccc4ccccc4c3)n2)CC1. The van der Waals surface area contributed by atoms with Crippen LogP contribution >= 0.6 is 0 Å². The third-order valence-corrected chi connectivity index (χ3v) is 5.47. The van der Waals surface area contributed by atoms with Crippen LogP contribution in [0, 0.1) is 5.92 Å². The number of fused-ring (bicyclic) bond motifs is 1. The van der Waals surface area contributed by atoms with Crippen molar-refractivity contribution < 1.29 is 9.90 Å².